The van der Waals surface area contributed by atoms with Crippen LogP contribution < -0.4 is 5.32 Å². The van der Waals surface area contributed by atoms with Gasteiger partial charge in [0.25, 0.3) is 0 Å². The molecule has 0 spiro atoms. The van der Waals surface area contributed by atoms with E-state index in [2.05, 4.69) is 5.32 Å². The number of rotatable bonds is 5. The van der Waals surface area contributed by atoms with Gasteiger partial charge in [-0.15, -0.1) is 0 Å². The molecular formula is C12H16F3NO2. The lowest BCUT2D eigenvalue weighted by Gasteiger charge is -2.16. The lowest BCUT2D eigenvalue weighted by molar-refractivity contribution is -0.137. The summed E-state index contributed by atoms with van der Waals surface area (Å²) >= 11 is 0. The Hall–Kier alpha value is -1.11. The van der Waals surface area contributed by atoms with E-state index in [4.69, 9.17) is 5.11 Å². The van der Waals surface area contributed by atoms with E-state index in [1.807, 2.05) is 0 Å². The van der Waals surface area contributed by atoms with Gasteiger partial charge in [-0.25, -0.2) is 0 Å². The summed E-state index contributed by atoms with van der Waals surface area (Å²) in [6.45, 7) is 1.69. The molecule has 102 valence electrons. The van der Waals surface area contributed by atoms with Crippen LogP contribution >= 0.6 is 0 Å². The Bertz CT molecular complexity index is 382. The standard InChI is InChI=1S/C12H16F3NO2/c1-8(7-17)16-6-11(18)9-3-2-4-10(5-9)12(13,14)15/h2-5,8,11,16-18H,6-7H2,1H3. The number of aliphatic hydroxyl groups excluding tert-OH is 2. The highest BCUT2D eigenvalue weighted by atomic mass is 19.4. The van der Waals surface area contributed by atoms with Crippen molar-refractivity contribution >= 4 is 0 Å². The molecule has 3 nitrogen and oxygen atoms in total. The van der Waals surface area contributed by atoms with E-state index < -0.39 is 17.8 Å². The third-order valence-electron chi connectivity index (χ3n) is 2.53. The van der Waals surface area contributed by atoms with E-state index in [0.717, 1.165) is 12.1 Å². The topological polar surface area (TPSA) is 52.5 Å². The van der Waals surface area contributed by atoms with Gasteiger partial charge in [0.15, 0.2) is 0 Å². The van der Waals surface area contributed by atoms with E-state index >= 15 is 0 Å². The molecule has 2 unspecified atom stereocenters. The molecular weight excluding hydrogens is 247 g/mol. The van der Waals surface area contributed by atoms with Crippen LogP contribution in [0.2, 0.25) is 0 Å². The molecule has 0 heterocycles. The zero-order valence-corrected chi connectivity index (χ0v) is 9.91. The zero-order valence-electron chi connectivity index (χ0n) is 9.91. The third-order valence-corrected chi connectivity index (χ3v) is 2.53. The van der Waals surface area contributed by atoms with Crippen LogP contribution in [0.4, 0.5) is 13.2 Å². The largest absolute Gasteiger partial charge is 0.416 e. The Morgan fingerprint density at radius 2 is 2.00 bits per heavy atom. The van der Waals surface area contributed by atoms with Crippen LogP contribution in [0.15, 0.2) is 24.3 Å². The summed E-state index contributed by atoms with van der Waals surface area (Å²) in [4.78, 5) is 0. The molecule has 0 saturated heterocycles. The Morgan fingerprint density at radius 3 is 2.56 bits per heavy atom. The number of benzene rings is 1. The molecule has 1 aromatic rings. The molecule has 3 N–H and O–H groups in total. The average molecular weight is 263 g/mol. The fourth-order valence-corrected chi connectivity index (χ4v) is 1.42. The Morgan fingerprint density at radius 1 is 1.33 bits per heavy atom. The van der Waals surface area contributed by atoms with Crippen molar-refractivity contribution in [2.45, 2.75) is 25.2 Å². The molecule has 6 heteroatoms. The molecule has 2 atom stereocenters. The molecule has 0 aliphatic carbocycles. The molecule has 0 amide bonds. The second-order valence-corrected chi connectivity index (χ2v) is 4.13. The number of nitrogens with one attached hydrogen (secondary N) is 1. The summed E-state index contributed by atoms with van der Waals surface area (Å²) in [5.74, 6) is 0. The smallest absolute Gasteiger partial charge is 0.395 e. The second-order valence-electron chi connectivity index (χ2n) is 4.13. The van der Waals surface area contributed by atoms with Gasteiger partial charge in [-0.2, -0.15) is 13.2 Å². The molecule has 0 fully saturated rings. The van der Waals surface area contributed by atoms with Crippen molar-refractivity contribution < 1.29 is 23.4 Å². The maximum atomic E-state index is 12.5. The van der Waals surface area contributed by atoms with Crippen molar-refractivity contribution in [1.29, 1.82) is 0 Å². The van der Waals surface area contributed by atoms with Gasteiger partial charge in [-0.3, -0.25) is 0 Å². The van der Waals surface area contributed by atoms with Gasteiger partial charge >= 0.3 is 6.18 Å². The van der Waals surface area contributed by atoms with E-state index in [1.54, 1.807) is 6.92 Å². The molecule has 0 aliphatic heterocycles. The number of hydrogen-bond acceptors (Lipinski definition) is 3. The van der Waals surface area contributed by atoms with E-state index in [0.29, 0.717) is 0 Å². The number of aliphatic hydroxyl groups is 2. The monoisotopic (exact) mass is 263 g/mol. The highest BCUT2D eigenvalue weighted by Gasteiger charge is 2.30. The number of alkyl halides is 3. The summed E-state index contributed by atoms with van der Waals surface area (Å²) < 4.78 is 37.4. The van der Waals surface area contributed by atoms with Crippen molar-refractivity contribution in [3.8, 4) is 0 Å². The first-order chi connectivity index (χ1) is 8.34. The third kappa shape index (κ3) is 4.29. The first-order valence-electron chi connectivity index (χ1n) is 5.54. The van der Waals surface area contributed by atoms with Crippen LogP contribution in [0.3, 0.4) is 0 Å². The predicted octanol–water partition coefficient (Wildman–Crippen LogP) is 1.71. The lowest BCUT2D eigenvalue weighted by Crippen LogP contribution is -2.33. The minimum atomic E-state index is -4.42. The fourth-order valence-electron chi connectivity index (χ4n) is 1.42. The van der Waals surface area contributed by atoms with Crippen LogP contribution in [0.5, 0.6) is 0 Å². The Labute approximate surface area is 103 Å². The molecule has 0 radical (unpaired) electrons. The second kappa shape index (κ2) is 6.17. The molecule has 1 rings (SSSR count). The van der Waals surface area contributed by atoms with E-state index in [1.165, 1.54) is 12.1 Å². The van der Waals surface area contributed by atoms with Crippen LogP contribution in [-0.2, 0) is 6.18 Å². The molecule has 18 heavy (non-hydrogen) atoms. The molecule has 0 aliphatic rings. The van der Waals surface area contributed by atoms with Crippen molar-refractivity contribution in [2.75, 3.05) is 13.2 Å². The first-order valence-corrected chi connectivity index (χ1v) is 5.54. The highest BCUT2D eigenvalue weighted by Crippen LogP contribution is 2.30. The summed E-state index contributed by atoms with van der Waals surface area (Å²) in [5.41, 5.74) is -0.586. The van der Waals surface area contributed by atoms with Crippen molar-refractivity contribution in [2.24, 2.45) is 0 Å². The van der Waals surface area contributed by atoms with Crippen molar-refractivity contribution in [1.82, 2.24) is 5.32 Å². The molecule has 0 bridgehead atoms. The highest BCUT2D eigenvalue weighted by molar-refractivity contribution is 5.27. The van der Waals surface area contributed by atoms with Crippen LogP contribution in [-0.4, -0.2) is 29.4 Å². The van der Waals surface area contributed by atoms with Gasteiger partial charge in [-0.05, 0) is 24.6 Å². The quantitative estimate of drug-likeness (QED) is 0.758. The summed E-state index contributed by atoms with van der Waals surface area (Å²) in [5, 5.41) is 21.3. The van der Waals surface area contributed by atoms with Crippen molar-refractivity contribution in [3.63, 3.8) is 0 Å². The minimum absolute atomic E-state index is 0.0863. The van der Waals surface area contributed by atoms with Crippen LogP contribution in [0, 0.1) is 0 Å². The average Bonchev–Trinajstić information content (AvgIpc) is 2.34. The minimum Gasteiger partial charge on any atom is -0.395 e. The van der Waals surface area contributed by atoms with Gasteiger partial charge in [0.05, 0.1) is 18.3 Å². The number of hydrogen-bond donors (Lipinski definition) is 3. The fraction of sp³-hybridized carbons (Fsp3) is 0.500. The first kappa shape index (κ1) is 14.9. The van der Waals surface area contributed by atoms with Gasteiger partial charge in [0, 0.05) is 12.6 Å². The summed E-state index contributed by atoms with van der Waals surface area (Å²) in [7, 11) is 0. The number of halogens is 3. The summed E-state index contributed by atoms with van der Waals surface area (Å²) in [6, 6.07) is 4.36. The maximum absolute atomic E-state index is 12.5. The Balaban J connectivity index is 2.71. The van der Waals surface area contributed by atoms with Crippen LogP contribution in [0.1, 0.15) is 24.2 Å². The maximum Gasteiger partial charge on any atom is 0.416 e. The molecule has 0 saturated carbocycles. The molecule has 0 aromatic heterocycles. The van der Waals surface area contributed by atoms with Gasteiger partial charge in [0.2, 0.25) is 0 Å². The van der Waals surface area contributed by atoms with Gasteiger partial charge < -0.3 is 15.5 Å². The SMILES string of the molecule is CC(CO)NCC(O)c1cccc(C(F)(F)F)c1. The van der Waals surface area contributed by atoms with Gasteiger partial charge in [-0.1, -0.05) is 12.1 Å². The van der Waals surface area contributed by atoms with Gasteiger partial charge in [0.1, 0.15) is 0 Å². The Kier molecular flexibility index (Phi) is 5.13. The normalized spacial score (nSPS) is 15.4. The van der Waals surface area contributed by atoms with Crippen molar-refractivity contribution in [3.05, 3.63) is 35.4 Å². The lowest BCUT2D eigenvalue weighted by atomic mass is 10.1. The zero-order chi connectivity index (χ0) is 13.8. The van der Waals surface area contributed by atoms with E-state index in [9.17, 15) is 18.3 Å². The van der Waals surface area contributed by atoms with Crippen LogP contribution in [0.25, 0.3) is 0 Å². The van der Waals surface area contributed by atoms with E-state index in [-0.39, 0.29) is 24.8 Å². The predicted molar refractivity (Wildman–Crippen MR) is 61.0 cm³/mol. The summed E-state index contributed by atoms with van der Waals surface area (Å²) in [6.07, 6.45) is -5.46. The molecule has 1 aromatic carbocycles.